The van der Waals surface area contributed by atoms with Gasteiger partial charge in [-0.15, -0.1) is 0 Å². The monoisotopic (exact) mass is 254 g/mol. The van der Waals surface area contributed by atoms with Crippen molar-refractivity contribution in [1.29, 1.82) is 0 Å². The first-order valence-electron chi connectivity index (χ1n) is 6.84. The molecule has 2 heteroatoms. The Balaban J connectivity index is 1.92. The second-order valence-electron chi connectivity index (χ2n) is 5.02. The third-order valence-corrected chi connectivity index (χ3v) is 3.59. The van der Waals surface area contributed by atoms with Gasteiger partial charge in [0.25, 0.3) is 0 Å². The molecule has 2 aromatic rings. The van der Waals surface area contributed by atoms with Crippen LogP contribution in [0.3, 0.4) is 0 Å². The molecule has 0 saturated heterocycles. The summed E-state index contributed by atoms with van der Waals surface area (Å²) in [7, 11) is 0. The molecule has 2 nitrogen and oxygen atoms in total. The van der Waals surface area contributed by atoms with Gasteiger partial charge in [0.2, 0.25) is 0 Å². The van der Waals surface area contributed by atoms with Gasteiger partial charge in [0, 0.05) is 6.04 Å². The third kappa shape index (κ3) is 4.19. The van der Waals surface area contributed by atoms with Crippen molar-refractivity contribution in [3.8, 4) is 0 Å². The molecule has 2 aromatic carbocycles. The van der Waals surface area contributed by atoms with E-state index in [4.69, 9.17) is 5.84 Å². The van der Waals surface area contributed by atoms with Crippen molar-refractivity contribution in [2.24, 2.45) is 5.84 Å². The Hall–Kier alpha value is -1.64. The lowest BCUT2D eigenvalue weighted by Crippen LogP contribution is -2.37. The molecular weight excluding hydrogens is 232 g/mol. The zero-order chi connectivity index (χ0) is 13.5. The fourth-order valence-corrected chi connectivity index (χ4v) is 2.33. The first-order valence-corrected chi connectivity index (χ1v) is 6.84. The van der Waals surface area contributed by atoms with E-state index in [1.54, 1.807) is 0 Å². The van der Waals surface area contributed by atoms with Crippen molar-refractivity contribution in [3.05, 3.63) is 71.3 Å². The number of hydrazine groups is 1. The van der Waals surface area contributed by atoms with E-state index in [9.17, 15) is 0 Å². The summed E-state index contributed by atoms with van der Waals surface area (Å²) in [6.45, 7) is 2.15. The number of aryl methyl sites for hydroxylation is 2. The molecule has 19 heavy (non-hydrogen) atoms. The highest BCUT2D eigenvalue weighted by atomic mass is 15.2. The van der Waals surface area contributed by atoms with Crippen molar-refractivity contribution in [2.75, 3.05) is 0 Å². The van der Waals surface area contributed by atoms with Gasteiger partial charge < -0.3 is 0 Å². The molecule has 1 atom stereocenters. The maximum absolute atomic E-state index is 5.68. The van der Waals surface area contributed by atoms with Crippen LogP contribution < -0.4 is 11.3 Å². The Morgan fingerprint density at radius 3 is 2.37 bits per heavy atom. The second-order valence-corrected chi connectivity index (χ2v) is 5.02. The number of rotatable bonds is 6. The minimum absolute atomic E-state index is 0.321. The van der Waals surface area contributed by atoms with E-state index in [0.29, 0.717) is 6.04 Å². The molecule has 0 aliphatic carbocycles. The van der Waals surface area contributed by atoms with E-state index in [1.807, 2.05) is 0 Å². The zero-order valence-corrected chi connectivity index (χ0v) is 11.5. The number of benzene rings is 2. The summed E-state index contributed by atoms with van der Waals surface area (Å²) in [4.78, 5) is 0. The van der Waals surface area contributed by atoms with Gasteiger partial charge >= 0.3 is 0 Å². The molecule has 100 valence electrons. The SMILES string of the molecule is Cc1ccccc1CC(CCc1ccccc1)NN. The lowest BCUT2D eigenvalue weighted by atomic mass is 9.97. The van der Waals surface area contributed by atoms with Gasteiger partial charge in [0.05, 0.1) is 0 Å². The summed E-state index contributed by atoms with van der Waals surface area (Å²) in [5.41, 5.74) is 7.03. The third-order valence-electron chi connectivity index (χ3n) is 3.59. The molecule has 0 fully saturated rings. The highest BCUT2D eigenvalue weighted by Crippen LogP contribution is 2.13. The van der Waals surface area contributed by atoms with Crippen LogP contribution in [0.2, 0.25) is 0 Å². The molecule has 0 radical (unpaired) electrons. The van der Waals surface area contributed by atoms with Crippen molar-refractivity contribution in [2.45, 2.75) is 32.2 Å². The highest BCUT2D eigenvalue weighted by molar-refractivity contribution is 5.26. The van der Waals surface area contributed by atoms with Crippen LogP contribution in [0.25, 0.3) is 0 Å². The van der Waals surface area contributed by atoms with Crippen LogP contribution >= 0.6 is 0 Å². The Bertz CT molecular complexity index is 494. The van der Waals surface area contributed by atoms with Crippen LogP contribution in [-0.4, -0.2) is 6.04 Å². The van der Waals surface area contributed by atoms with Crippen LogP contribution in [0.5, 0.6) is 0 Å². The molecule has 0 saturated carbocycles. The maximum atomic E-state index is 5.68. The average Bonchev–Trinajstić information content (AvgIpc) is 2.46. The Kier molecular flexibility index (Phi) is 5.13. The van der Waals surface area contributed by atoms with E-state index in [-0.39, 0.29) is 0 Å². The first kappa shape index (κ1) is 13.8. The minimum atomic E-state index is 0.321. The predicted molar refractivity (Wildman–Crippen MR) is 80.8 cm³/mol. The van der Waals surface area contributed by atoms with Crippen LogP contribution in [-0.2, 0) is 12.8 Å². The standard InChI is InChI=1S/C17H22N2/c1-14-7-5-6-10-16(14)13-17(19-18)12-11-15-8-3-2-4-9-15/h2-10,17,19H,11-13,18H2,1H3. The fourth-order valence-electron chi connectivity index (χ4n) is 2.33. The summed E-state index contributed by atoms with van der Waals surface area (Å²) < 4.78 is 0. The van der Waals surface area contributed by atoms with Crippen LogP contribution in [0.1, 0.15) is 23.1 Å². The molecule has 0 spiro atoms. The lowest BCUT2D eigenvalue weighted by molar-refractivity contribution is 0.490. The van der Waals surface area contributed by atoms with Gasteiger partial charge in [0.1, 0.15) is 0 Å². The van der Waals surface area contributed by atoms with Crippen molar-refractivity contribution in [3.63, 3.8) is 0 Å². The van der Waals surface area contributed by atoms with E-state index in [0.717, 1.165) is 19.3 Å². The van der Waals surface area contributed by atoms with Crippen LogP contribution in [0.4, 0.5) is 0 Å². The number of nitrogens with two attached hydrogens (primary N) is 1. The van der Waals surface area contributed by atoms with Crippen molar-refractivity contribution in [1.82, 2.24) is 5.43 Å². The van der Waals surface area contributed by atoms with E-state index in [1.165, 1.54) is 16.7 Å². The van der Waals surface area contributed by atoms with Crippen LogP contribution in [0.15, 0.2) is 54.6 Å². The quantitative estimate of drug-likeness (QED) is 0.614. The summed E-state index contributed by atoms with van der Waals surface area (Å²) in [5, 5.41) is 0. The fraction of sp³-hybridized carbons (Fsp3) is 0.294. The molecule has 3 N–H and O–H groups in total. The van der Waals surface area contributed by atoms with Gasteiger partial charge in [-0.25, -0.2) is 0 Å². The van der Waals surface area contributed by atoms with Gasteiger partial charge in [-0.2, -0.15) is 0 Å². The van der Waals surface area contributed by atoms with Crippen molar-refractivity contribution >= 4 is 0 Å². The summed E-state index contributed by atoms with van der Waals surface area (Å²) >= 11 is 0. The molecule has 2 rings (SSSR count). The summed E-state index contributed by atoms with van der Waals surface area (Å²) in [6.07, 6.45) is 3.09. The molecule has 0 aliphatic heterocycles. The number of nitrogens with one attached hydrogen (secondary N) is 1. The topological polar surface area (TPSA) is 38.0 Å². The zero-order valence-electron chi connectivity index (χ0n) is 11.5. The molecule has 0 aromatic heterocycles. The average molecular weight is 254 g/mol. The Labute approximate surface area is 115 Å². The Morgan fingerprint density at radius 2 is 1.68 bits per heavy atom. The number of hydrogen-bond donors (Lipinski definition) is 2. The maximum Gasteiger partial charge on any atom is 0.0254 e. The lowest BCUT2D eigenvalue weighted by Gasteiger charge is -2.17. The molecule has 1 unspecified atom stereocenters. The highest BCUT2D eigenvalue weighted by Gasteiger charge is 2.09. The van der Waals surface area contributed by atoms with Crippen molar-refractivity contribution < 1.29 is 0 Å². The Morgan fingerprint density at radius 1 is 1.00 bits per heavy atom. The largest absolute Gasteiger partial charge is 0.271 e. The minimum Gasteiger partial charge on any atom is -0.271 e. The first-order chi connectivity index (χ1) is 9.29. The van der Waals surface area contributed by atoms with Gasteiger partial charge in [-0.1, -0.05) is 54.6 Å². The van der Waals surface area contributed by atoms with Crippen LogP contribution in [0, 0.1) is 6.92 Å². The summed E-state index contributed by atoms with van der Waals surface area (Å²) in [5.74, 6) is 5.68. The second kappa shape index (κ2) is 7.07. The van der Waals surface area contributed by atoms with E-state index in [2.05, 4.69) is 66.9 Å². The van der Waals surface area contributed by atoms with Gasteiger partial charge in [0.15, 0.2) is 0 Å². The molecule has 0 heterocycles. The molecule has 0 bridgehead atoms. The normalized spacial score (nSPS) is 12.3. The number of hydrogen-bond acceptors (Lipinski definition) is 2. The van der Waals surface area contributed by atoms with E-state index >= 15 is 0 Å². The predicted octanol–water partition coefficient (Wildman–Crippen LogP) is 3.00. The van der Waals surface area contributed by atoms with Gasteiger partial charge in [-0.05, 0) is 42.9 Å². The molecule has 0 aliphatic rings. The molecular formula is C17H22N2. The summed E-state index contributed by atoms with van der Waals surface area (Å²) in [6, 6.07) is 19.4. The van der Waals surface area contributed by atoms with Gasteiger partial charge in [-0.3, -0.25) is 11.3 Å². The smallest absolute Gasteiger partial charge is 0.0254 e. The molecule has 0 amide bonds. The van der Waals surface area contributed by atoms with E-state index < -0.39 is 0 Å².